The number of aromatic nitrogens is 6. The normalized spacial score (nSPS) is 14.8. The van der Waals surface area contributed by atoms with Crippen molar-refractivity contribution in [1.82, 2.24) is 29.9 Å². The molecule has 5 aromatic carbocycles. The second-order valence-corrected chi connectivity index (χ2v) is 14.3. The van der Waals surface area contributed by atoms with Crippen LogP contribution in [0.25, 0.3) is 68.1 Å². The minimum absolute atomic E-state index is 0.0587. The molecule has 0 saturated heterocycles. The number of nitrogens with zero attached hydrogens (tertiary/aromatic N) is 6. The van der Waals surface area contributed by atoms with Crippen LogP contribution in [0.5, 0.6) is 0 Å². The quantitative estimate of drug-likeness (QED) is 0.170. The van der Waals surface area contributed by atoms with Crippen LogP contribution in [0.3, 0.4) is 0 Å². The molecular formula is C50H32N6. The lowest BCUT2D eigenvalue weighted by Crippen LogP contribution is -2.27. The molecule has 0 N–H and O–H groups in total. The van der Waals surface area contributed by atoms with Crippen molar-refractivity contribution in [3.8, 4) is 68.1 Å². The monoisotopic (exact) mass is 716 g/mol. The highest BCUT2D eigenvalue weighted by atomic mass is 14.9. The molecule has 56 heavy (non-hydrogen) atoms. The van der Waals surface area contributed by atoms with Crippen LogP contribution < -0.4 is 0 Å². The molecule has 0 radical (unpaired) electrons. The Morgan fingerprint density at radius 2 is 0.661 bits per heavy atom. The maximum atomic E-state index is 5.14. The zero-order valence-electron chi connectivity index (χ0n) is 30.2. The summed E-state index contributed by atoms with van der Waals surface area (Å²) in [5, 5.41) is 0. The largest absolute Gasteiger partial charge is 0.255 e. The molecule has 6 heteroatoms. The van der Waals surface area contributed by atoms with E-state index in [1.165, 1.54) is 33.4 Å². The van der Waals surface area contributed by atoms with E-state index >= 15 is 0 Å². The Morgan fingerprint density at radius 1 is 0.268 bits per heavy atom. The van der Waals surface area contributed by atoms with E-state index in [0.717, 1.165) is 56.4 Å². The summed E-state index contributed by atoms with van der Waals surface area (Å²) < 4.78 is 0. The van der Waals surface area contributed by atoms with Gasteiger partial charge in [-0.1, -0.05) is 121 Å². The molecule has 0 aliphatic heterocycles. The van der Waals surface area contributed by atoms with E-state index in [9.17, 15) is 0 Å². The van der Waals surface area contributed by atoms with Crippen molar-refractivity contribution in [2.75, 3.05) is 0 Å². The molecule has 2 atom stereocenters. The lowest BCUT2D eigenvalue weighted by Gasteiger charge is -2.42. The molecule has 6 nitrogen and oxygen atoms in total. The zero-order chi connectivity index (χ0) is 37.0. The summed E-state index contributed by atoms with van der Waals surface area (Å²) in [5.74, 6) is 1.48. The van der Waals surface area contributed by atoms with E-state index in [2.05, 4.69) is 94.9 Å². The van der Waals surface area contributed by atoms with Gasteiger partial charge in [-0.2, -0.15) is 0 Å². The van der Waals surface area contributed by atoms with E-state index in [-0.39, 0.29) is 11.8 Å². The molecule has 262 valence electrons. The summed E-state index contributed by atoms with van der Waals surface area (Å²) in [6.45, 7) is 0. The third kappa shape index (κ3) is 5.42. The molecule has 4 heterocycles. The van der Waals surface area contributed by atoms with Crippen molar-refractivity contribution in [3.05, 3.63) is 216 Å². The summed E-state index contributed by atoms with van der Waals surface area (Å²) in [6.07, 6.45) is 3.61. The highest BCUT2D eigenvalue weighted by molar-refractivity contribution is 5.77. The Kier molecular flexibility index (Phi) is 7.52. The van der Waals surface area contributed by atoms with Gasteiger partial charge < -0.3 is 0 Å². The lowest BCUT2D eigenvalue weighted by atomic mass is 9.61. The Hall–Kier alpha value is -7.44. The van der Waals surface area contributed by atoms with Crippen molar-refractivity contribution in [1.29, 1.82) is 0 Å². The first-order valence-corrected chi connectivity index (χ1v) is 18.8. The van der Waals surface area contributed by atoms with Gasteiger partial charge in [0, 0.05) is 46.5 Å². The predicted molar refractivity (Wildman–Crippen MR) is 221 cm³/mol. The number of rotatable bonds is 6. The van der Waals surface area contributed by atoms with Crippen molar-refractivity contribution in [2.24, 2.45) is 0 Å². The lowest BCUT2D eigenvalue weighted by molar-refractivity contribution is 0.754. The van der Waals surface area contributed by atoms with Gasteiger partial charge in [0.05, 0.1) is 34.2 Å². The smallest absolute Gasteiger partial charge is 0.160 e. The van der Waals surface area contributed by atoms with Crippen molar-refractivity contribution >= 4 is 0 Å². The van der Waals surface area contributed by atoms with E-state index in [1.807, 2.05) is 84.9 Å². The average Bonchev–Trinajstić information content (AvgIpc) is 3.29. The van der Waals surface area contributed by atoms with Crippen molar-refractivity contribution in [2.45, 2.75) is 11.8 Å². The van der Waals surface area contributed by atoms with E-state index < -0.39 is 0 Å². The fourth-order valence-electron chi connectivity index (χ4n) is 8.45. The van der Waals surface area contributed by atoms with Gasteiger partial charge in [0.2, 0.25) is 0 Å². The summed E-state index contributed by atoms with van der Waals surface area (Å²) in [5.41, 5.74) is 16.9. The first-order valence-electron chi connectivity index (χ1n) is 18.8. The Balaban J connectivity index is 1.05. The third-order valence-electron chi connectivity index (χ3n) is 11.0. The Labute approximate surface area is 324 Å². The van der Waals surface area contributed by atoms with Gasteiger partial charge in [-0.05, 0) is 81.9 Å². The maximum Gasteiger partial charge on any atom is 0.160 e. The molecule has 2 unspecified atom stereocenters. The summed E-state index contributed by atoms with van der Waals surface area (Å²) in [4.78, 5) is 29.8. The van der Waals surface area contributed by atoms with Gasteiger partial charge in [-0.15, -0.1) is 0 Å². The highest BCUT2D eigenvalue weighted by Crippen LogP contribution is 2.56. The Morgan fingerprint density at radius 3 is 1.09 bits per heavy atom. The summed E-state index contributed by atoms with van der Waals surface area (Å²) in [7, 11) is 0. The minimum Gasteiger partial charge on any atom is -0.255 e. The van der Waals surface area contributed by atoms with Gasteiger partial charge in [-0.3, -0.25) is 9.97 Å². The van der Waals surface area contributed by atoms with Gasteiger partial charge in [0.1, 0.15) is 0 Å². The molecular weight excluding hydrogens is 685 g/mol. The van der Waals surface area contributed by atoms with Crippen molar-refractivity contribution in [3.63, 3.8) is 0 Å². The van der Waals surface area contributed by atoms with Crippen LogP contribution in [0.4, 0.5) is 0 Å². The highest BCUT2D eigenvalue weighted by Gasteiger charge is 2.41. The summed E-state index contributed by atoms with van der Waals surface area (Å²) >= 11 is 0. The zero-order valence-corrected chi connectivity index (χ0v) is 30.2. The molecule has 3 aliphatic rings. The van der Waals surface area contributed by atoms with Crippen molar-refractivity contribution < 1.29 is 0 Å². The minimum atomic E-state index is 0.0587. The second-order valence-electron chi connectivity index (χ2n) is 14.3. The van der Waals surface area contributed by atoms with E-state index in [0.29, 0.717) is 11.6 Å². The van der Waals surface area contributed by atoms with Crippen LogP contribution in [-0.4, -0.2) is 29.9 Å². The van der Waals surface area contributed by atoms with Gasteiger partial charge in [0.15, 0.2) is 11.6 Å². The second kappa shape index (κ2) is 13.1. The molecule has 2 bridgehead atoms. The SMILES string of the molecule is c1ccc(-c2cc(-c3ccccn3)nc(-c3ccc4c(c3)C3c5ccccc5C4c4cc(-c5nc(-c6ccccc6)cc(-c6ccccn6)n5)ccc43)n2)cc1. The van der Waals surface area contributed by atoms with Crippen LogP contribution in [0.15, 0.2) is 182 Å². The van der Waals surface area contributed by atoms with Gasteiger partial charge in [0.25, 0.3) is 0 Å². The molecule has 0 fully saturated rings. The van der Waals surface area contributed by atoms with Crippen LogP contribution in [0.1, 0.15) is 45.2 Å². The van der Waals surface area contributed by atoms with Gasteiger partial charge >= 0.3 is 0 Å². The van der Waals surface area contributed by atoms with Crippen LogP contribution in [0.2, 0.25) is 0 Å². The molecule has 3 aliphatic carbocycles. The van der Waals surface area contributed by atoms with Crippen LogP contribution in [0, 0.1) is 0 Å². The average molecular weight is 717 g/mol. The standard InChI is InChI=1S/C50H32N6/c1-3-13-31(14-4-1)43-29-45(41-19-9-11-25-51-41)55-49(53-43)33-21-23-37-39(27-33)47-35-17-7-8-18-36(35)48(37)40-28-34(22-24-38(40)47)50-54-44(32-15-5-2-6-16-32)30-46(56-50)42-20-10-12-26-52-42/h1-30,47-48H. The van der Waals surface area contributed by atoms with E-state index in [1.54, 1.807) is 12.4 Å². The predicted octanol–water partition coefficient (Wildman–Crippen LogP) is 11.0. The van der Waals surface area contributed by atoms with Crippen LogP contribution >= 0.6 is 0 Å². The molecule has 9 aromatic rings. The topological polar surface area (TPSA) is 77.3 Å². The van der Waals surface area contributed by atoms with E-state index in [4.69, 9.17) is 19.9 Å². The maximum absolute atomic E-state index is 5.14. The molecule has 4 aromatic heterocycles. The number of hydrogen-bond acceptors (Lipinski definition) is 6. The molecule has 0 amide bonds. The number of pyridine rings is 2. The van der Waals surface area contributed by atoms with Crippen LogP contribution in [-0.2, 0) is 0 Å². The number of benzene rings is 5. The first-order chi connectivity index (χ1) is 27.7. The molecule has 0 saturated carbocycles. The molecule has 0 spiro atoms. The van der Waals surface area contributed by atoms with Gasteiger partial charge in [-0.25, -0.2) is 19.9 Å². The third-order valence-corrected chi connectivity index (χ3v) is 11.0. The Bertz CT molecular complexity index is 2600. The molecule has 12 rings (SSSR count). The fourth-order valence-corrected chi connectivity index (χ4v) is 8.45. The first kappa shape index (κ1) is 32.0. The summed E-state index contributed by atoms with van der Waals surface area (Å²) in [6, 6.07) is 58.9. The number of hydrogen-bond donors (Lipinski definition) is 0. The fraction of sp³-hybridized carbons (Fsp3) is 0.0400.